The van der Waals surface area contributed by atoms with Crippen LogP contribution in [-0.2, 0) is 14.3 Å². The molecule has 5 nitrogen and oxygen atoms in total. The van der Waals surface area contributed by atoms with Crippen LogP contribution in [0.2, 0.25) is 0 Å². The molecule has 0 radical (unpaired) electrons. The van der Waals surface area contributed by atoms with Crippen molar-refractivity contribution in [2.45, 2.75) is 20.1 Å². The number of rotatable bonds is 5. The predicted octanol–water partition coefficient (Wildman–Crippen LogP) is -0.402. The number of ether oxygens (including phenoxy) is 1. The van der Waals surface area contributed by atoms with Crippen molar-refractivity contribution in [1.82, 2.24) is 0 Å². The lowest BCUT2D eigenvalue weighted by atomic mass is 10.1. The number of carboxylic acid groups (broad SMARTS) is 1. The molecule has 0 aliphatic carbocycles. The fourth-order valence-electron chi connectivity index (χ4n) is 0.611. The van der Waals surface area contributed by atoms with E-state index >= 15 is 0 Å². The van der Waals surface area contributed by atoms with Crippen LogP contribution in [0.5, 0.6) is 0 Å². The van der Waals surface area contributed by atoms with Gasteiger partial charge in [0, 0.05) is 0 Å². The number of Topliss-reactive ketones (excluding diaryl/α,β-unsaturated/α-hetero) is 1. The zero-order valence-electron chi connectivity index (χ0n) is 7.11. The van der Waals surface area contributed by atoms with Gasteiger partial charge in [0.1, 0.15) is 17.9 Å². The van der Waals surface area contributed by atoms with Crippen molar-refractivity contribution in [2.24, 2.45) is 11.7 Å². The number of aliphatic carboxylic acids is 1. The number of carbonyl (C=O) groups is 2. The van der Waals surface area contributed by atoms with Gasteiger partial charge in [0.2, 0.25) is 0 Å². The summed E-state index contributed by atoms with van der Waals surface area (Å²) in [6, 6.07) is 0. The Kier molecular flexibility index (Phi) is 4.46. The van der Waals surface area contributed by atoms with E-state index in [1.54, 1.807) is 6.92 Å². The van der Waals surface area contributed by atoms with Crippen LogP contribution in [0.25, 0.3) is 0 Å². The molecule has 0 amide bonds. The Hall–Kier alpha value is -0.940. The van der Waals surface area contributed by atoms with Crippen LogP contribution in [0.15, 0.2) is 0 Å². The molecule has 0 saturated carbocycles. The van der Waals surface area contributed by atoms with Crippen LogP contribution >= 0.6 is 0 Å². The van der Waals surface area contributed by atoms with Crippen molar-refractivity contribution in [3.05, 3.63) is 0 Å². The molecule has 0 heterocycles. The second-order valence-corrected chi connectivity index (χ2v) is 2.54. The summed E-state index contributed by atoms with van der Waals surface area (Å²) >= 11 is 0. The summed E-state index contributed by atoms with van der Waals surface area (Å²) < 4.78 is 4.80. The maximum atomic E-state index is 10.7. The van der Waals surface area contributed by atoms with Crippen molar-refractivity contribution >= 4 is 11.8 Å². The van der Waals surface area contributed by atoms with Gasteiger partial charge in [0.25, 0.3) is 0 Å². The van der Waals surface area contributed by atoms with E-state index in [2.05, 4.69) is 0 Å². The highest BCUT2D eigenvalue weighted by Gasteiger charge is 2.22. The molecule has 5 heteroatoms. The monoisotopic (exact) mass is 175 g/mol. The largest absolute Gasteiger partial charge is 0.481 e. The van der Waals surface area contributed by atoms with Gasteiger partial charge >= 0.3 is 5.97 Å². The number of ketones is 1. The number of carbonyl (C=O) groups excluding carboxylic acids is 1. The van der Waals surface area contributed by atoms with E-state index < -0.39 is 23.9 Å². The lowest BCUT2D eigenvalue weighted by molar-refractivity contribution is -0.148. The van der Waals surface area contributed by atoms with Crippen molar-refractivity contribution in [3.63, 3.8) is 0 Å². The molecule has 0 aromatic carbocycles. The van der Waals surface area contributed by atoms with Gasteiger partial charge in [-0.3, -0.25) is 9.59 Å². The normalized spacial score (nSPS) is 15.2. The maximum Gasteiger partial charge on any atom is 0.316 e. The summed E-state index contributed by atoms with van der Waals surface area (Å²) in [6.45, 7) is 2.62. The van der Waals surface area contributed by atoms with Crippen LogP contribution in [-0.4, -0.2) is 29.7 Å². The van der Waals surface area contributed by atoms with Crippen LogP contribution in [0.4, 0.5) is 0 Å². The molecule has 0 saturated heterocycles. The maximum absolute atomic E-state index is 10.7. The molecular formula is C7H13NO4. The van der Waals surface area contributed by atoms with Gasteiger partial charge in [-0.05, 0) is 13.8 Å². The first-order chi connectivity index (χ1) is 5.45. The molecule has 2 atom stereocenters. The molecular weight excluding hydrogens is 162 g/mol. The highest BCUT2D eigenvalue weighted by molar-refractivity contribution is 5.96. The van der Waals surface area contributed by atoms with Crippen LogP contribution < -0.4 is 5.73 Å². The molecule has 12 heavy (non-hydrogen) atoms. The van der Waals surface area contributed by atoms with E-state index in [1.807, 2.05) is 0 Å². The van der Waals surface area contributed by atoms with Crippen molar-refractivity contribution in [1.29, 1.82) is 0 Å². The van der Waals surface area contributed by atoms with Crippen LogP contribution in [0, 0.1) is 5.92 Å². The number of nitrogens with two attached hydrogens (primary N) is 1. The third-order valence-electron chi connectivity index (χ3n) is 1.31. The quantitative estimate of drug-likeness (QED) is 0.438. The lowest BCUT2D eigenvalue weighted by Crippen LogP contribution is -2.30. The number of hydrogen-bond donors (Lipinski definition) is 2. The summed E-state index contributed by atoms with van der Waals surface area (Å²) in [7, 11) is 0. The standard InChI is InChI=1S/C7H13NO4/c1-4(9)6(7(10)11)3-12-5(2)8/h5-6H,3,8H2,1-2H3,(H,10,11). The fraction of sp³-hybridized carbons (Fsp3) is 0.714. The molecule has 0 aliphatic rings. The molecule has 2 unspecified atom stereocenters. The van der Waals surface area contributed by atoms with Gasteiger partial charge in [-0.1, -0.05) is 0 Å². The third kappa shape index (κ3) is 4.05. The summed E-state index contributed by atoms with van der Waals surface area (Å²) in [4.78, 5) is 21.1. The van der Waals surface area contributed by atoms with E-state index in [9.17, 15) is 9.59 Å². The van der Waals surface area contributed by atoms with Gasteiger partial charge in [-0.2, -0.15) is 0 Å². The zero-order chi connectivity index (χ0) is 9.72. The summed E-state index contributed by atoms with van der Waals surface area (Å²) in [5, 5.41) is 8.51. The Labute approximate surface area is 70.5 Å². The summed E-state index contributed by atoms with van der Waals surface area (Å²) in [5.74, 6) is -2.71. The molecule has 0 fully saturated rings. The average Bonchev–Trinajstić information content (AvgIpc) is 1.84. The fourth-order valence-corrected chi connectivity index (χ4v) is 0.611. The van der Waals surface area contributed by atoms with Crippen molar-refractivity contribution in [3.8, 4) is 0 Å². The Morgan fingerprint density at radius 3 is 2.33 bits per heavy atom. The first-order valence-corrected chi connectivity index (χ1v) is 3.55. The smallest absolute Gasteiger partial charge is 0.316 e. The molecule has 0 spiro atoms. The van der Waals surface area contributed by atoms with Gasteiger partial charge < -0.3 is 15.6 Å². The second kappa shape index (κ2) is 4.84. The second-order valence-electron chi connectivity index (χ2n) is 2.54. The minimum atomic E-state index is -1.18. The Balaban J connectivity index is 3.97. The molecule has 0 rings (SSSR count). The number of hydrogen-bond acceptors (Lipinski definition) is 4. The third-order valence-corrected chi connectivity index (χ3v) is 1.31. The minimum Gasteiger partial charge on any atom is -0.481 e. The average molecular weight is 175 g/mol. The molecule has 0 aromatic rings. The minimum absolute atomic E-state index is 0.164. The van der Waals surface area contributed by atoms with Gasteiger partial charge in [0.15, 0.2) is 0 Å². The first kappa shape index (κ1) is 11.1. The Morgan fingerprint density at radius 2 is 2.08 bits per heavy atom. The van der Waals surface area contributed by atoms with E-state index in [-0.39, 0.29) is 6.61 Å². The molecule has 70 valence electrons. The summed E-state index contributed by atoms with van der Waals surface area (Å²) in [5.41, 5.74) is 5.21. The SMILES string of the molecule is CC(=O)C(COC(C)N)C(=O)O. The topological polar surface area (TPSA) is 89.6 Å². The Bertz CT molecular complexity index is 164. The van der Waals surface area contributed by atoms with E-state index in [0.717, 1.165) is 0 Å². The van der Waals surface area contributed by atoms with Crippen LogP contribution in [0.3, 0.4) is 0 Å². The Morgan fingerprint density at radius 1 is 1.58 bits per heavy atom. The highest BCUT2D eigenvalue weighted by Crippen LogP contribution is 2.00. The molecule has 3 N–H and O–H groups in total. The van der Waals surface area contributed by atoms with Gasteiger partial charge in [-0.15, -0.1) is 0 Å². The molecule has 0 aromatic heterocycles. The van der Waals surface area contributed by atoms with Crippen LogP contribution in [0.1, 0.15) is 13.8 Å². The van der Waals surface area contributed by atoms with Crippen molar-refractivity contribution in [2.75, 3.05) is 6.61 Å². The predicted molar refractivity (Wildman–Crippen MR) is 41.4 cm³/mol. The molecule has 0 aliphatic heterocycles. The first-order valence-electron chi connectivity index (χ1n) is 3.55. The number of carboxylic acids is 1. The molecule has 0 bridgehead atoms. The summed E-state index contributed by atoms with van der Waals surface area (Å²) in [6.07, 6.45) is -0.550. The zero-order valence-corrected chi connectivity index (χ0v) is 7.11. The van der Waals surface area contributed by atoms with Crippen molar-refractivity contribution < 1.29 is 19.4 Å². The van der Waals surface area contributed by atoms with Gasteiger partial charge in [-0.25, -0.2) is 0 Å². The van der Waals surface area contributed by atoms with E-state index in [4.69, 9.17) is 15.6 Å². The van der Waals surface area contributed by atoms with Gasteiger partial charge in [0.05, 0.1) is 6.61 Å². The van der Waals surface area contributed by atoms with E-state index in [0.29, 0.717) is 0 Å². The van der Waals surface area contributed by atoms with E-state index in [1.165, 1.54) is 6.92 Å². The highest BCUT2D eigenvalue weighted by atomic mass is 16.5. The lowest BCUT2D eigenvalue weighted by Gasteiger charge is -2.11.